The van der Waals surface area contributed by atoms with Gasteiger partial charge in [0.05, 0.1) is 18.3 Å². The van der Waals surface area contributed by atoms with E-state index in [1.165, 1.54) is 4.90 Å². The zero-order chi connectivity index (χ0) is 21.5. The Balaban J connectivity index is 1.77. The summed E-state index contributed by atoms with van der Waals surface area (Å²) in [7, 11) is 3.18. The molecule has 1 atom stereocenters. The van der Waals surface area contributed by atoms with Crippen LogP contribution in [0.3, 0.4) is 0 Å². The molecule has 1 saturated heterocycles. The molecule has 3 aromatic rings. The number of aliphatic hydroxyl groups is 1. The third-order valence-electron chi connectivity index (χ3n) is 4.86. The average molecular weight is 390 g/mol. The number of ether oxygens (including phenoxy) is 1. The van der Waals surface area contributed by atoms with Crippen molar-refractivity contribution in [2.45, 2.75) is 12.0 Å². The molecule has 0 unspecified atom stereocenters. The number of nitrogens with two attached hydrogens (primary N) is 1. The van der Waals surface area contributed by atoms with Crippen LogP contribution >= 0.6 is 0 Å². The number of benzene rings is 1. The molecule has 4 rings (SSSR count). The third kappa shape index (κ3) is 3.32. The van der Waals surface area contributed by atoms with Crippen LogP contribution in [0.25, 0.3) is 22.3 Å². The van der Waals surface area contributed by atoms with Crippen LogP contribution in [0.2, 0.25) is 0 Å². The molecule has 3 heterocycles. The van der Waals surface area contributed by atoms with Gasteiger partial charge in [-0.2, -0.15) is 0 Å². The molecular weight excluding hydrogens is 370 g/mol. The first kappa shape index (κ1) is 17.4. The first-order chi connectivity index (χ1) is 14.3. The second kappa shape index (κ2) is 7.04. The van der Waals surface area contributed by atoms with Crippen molar-refractivity contribution in [1.29, 1.82) is 0 Å². The van der Waals surface area contributed by atoms with Gasteiger partial charge in [-0.15, -0.1) is 0 Å². The van der Waals surface area contributed by atoms with Crippen LogP contribution in [0.1, 0.15) is 13.4 Å². The highest BCUT2D eigenvalue weighted by Gasteiger charge is 2.42. The molecule has 0 saturated carbocycles. The Bertz CT molecular complexity index is 1240. The van der Waals surface area contributed by atoms with E-state index in [4.69, 9.17) is 11.8 Å². The minimum Gasteiger partial charge on any atom is -0.496 e. The van der Waals surface area contributed by atoms with E-state index in [2.05, 4.69) is 26.8 Å². The summed E-state index contributed by atoms with van der Waals surface area (Å²) in [6.07, 6.45) is 0.0939. The SMILES string of the molecule is [2H]c1nc(N)c2nc(-c3cc(C#C[C@]4(O)CCN(C)C4=O)ccc3OC)ccc2n1. The molecule has 8 nitrogen and oxygen atoms in total. The van der Waals surface area contributed by atoms with Crippen molar-refractivity contribution in [3.8, 4) is 28.8 Å². The first-order valence-electron chi connectivity index (χ1n) is 9.41. The van der Waals surface area contributed by atoms with E-state index < -0.39 is 11.5 Å². The van der Waals surface area contributed by atoms with Crippen molar-refractivity contribution in [1.82, 2.24) is 19.9 Å². The number of rotatable bonds is 2. The third-order valence-corrected chi connectivity index (χ3v) is 4.86. The lowest BCUT2D eigenvalue weighted by Crippen LogP contribution is -2.37. The van der Waals surface area contributed by atoms with Crippen molar-refractivity contribution < 1.29 is 16.0 Å². The highest BCUT2D eigenvalue weighted by molar-refractivity contribution is 5.90. The Morgan fingerprint density at radius 3 is 2.90 bits per heavy atom. The maximum atomic E-state index is 12.1. The predicted octanol–water partition coefficient (Wildman–Crippen LogP) is 1.23. The van der Waals surface area contributed by atoms with Gasteiger partial charge in [0.15, 0.2) is 5.82 Å². The van der Waals surface area contributed by atoms with Gasteiger partial charge in [0, 0.05) is 31.1 Å². The number of likely N-dealkylation sites (N-methyl/N-ethyl adjacent to an activating group) is 1. The van der Waals surface area contributed by atoms with Crippen LogP contribution in [0.5, 0.6) is 5.75 Å². The fourth-order valence-electron chi connectivity index (χ4n) is 3.20. The molecule has 0 radical (unpaired) electrons. The number of amides is 1. The van der Waals surface area contributed by atoms with Crippen LogP contribution in [-0.2, 0) is 4.79 Å². The molecule has 29 heavy (non-hydrogen) atoms. The second-order valence-corrected chi connectivity index (χ2v) is 6.78. The van der Waals surface area contributed by atoms with Crippen molar-refractivity contribution in [3.05, 3.63) is 42.2 Å². The summed E-state index contributed by atoms with van der Waals surface area (Å²) < 4.78 is 13.0. The monoisotopic (exact) mass is 390 g/mol. The second-order valence-electron chi connectivity index (χ2n) is 6.78. The highest BCUT2D eigenvalue weighted by Crippen LogP contribution is 2.31. The molecule has 1 aromatic carbocycles. The van der Waals surface area contributed by atoms with Crippen LogP contribution in [-0.4, -0.2) is 57.2 Å². The maximum absolute atomic E-state index is 12.1. The van der Waals surface area contributed by atoms with Gasteiger partial charge in [-0.05, 0) is 30.3 Å². The number of nitrogens with zero attached hydrogens (tertiary/aromatic N) is 4. The topological polar surface area (TPSA) is 114 Å². The number of aromatic nitrogens is 3. The Morgan fingerprint density at radius 2 is 2.17 bits per heavy atom. The number of fused-ring (bicyclic) bond motifs is 1. The summed E-state index contributed by atoms with van der Waals surface area (Å²) in [5, 5.41) is 10.5. The number of pyridine rings is 1. The molecular formula is C21H19N5O3. The molecule has 8 heteroatoms. The van der Waals surface area contributed by atoms with Crippen molar-refractivity contribution in [3.63, 3.8) is 0 Å². The number of carbonyl (C=O) groups excluding carboxylic acids is 1. The first-order valence-corrected chi connectivity index (χ1v) is 8.91. The Kier molecular flexibility index (Phi) is 4.22. The van der Waals surface area contributed by atoms with E-state index in [-0.39, 0.29) is 18.5 Å². The summed E-state index contributed by atoms with van der Waals surface area (Å²) in [6.45, 7) is 0.461. The summed E-state index contributed by atoms with van der Waals surface area (Å²) >= 11 is 0. The van der Waals surface area contributed by atoms with E-state index in [1.807, 2.05) is 0 Å². The highest BCUT2D eigenvalue weighted by atomic mass is 16.5. The lowest BCUT2D eigenvalue weighted by Gasteiger charge is -2.13. The van der Waals surface area contributed by atoms with Crippen LogP contribution in [0, 0.1) is 11.8 Å². The number of hydrogen-bond acceptors (Lipinski definition) is 7. The van der Waals surface area contributed by atoms with Crippen LogP contribution in [0.15, 0.2) is 36.6 Å². The molecule has 1 aliphatic rings. The quantitative estimate of drug-likeness (QED) is 0.633. The van der Waals surface area contributed by atoms with Gasteiger partial charge in [0.25, 0.3) is 5.91 Å². The average Bonchev–Trinajstić information content (AvgIpc) is 2.99. The van der Waals surface area contributed by atoms with Gasteiger partial charge in [-0.25, -0.2) is 15.0 Å². The number of hydrogen-bond donors (Lipinski definition) is 2. The number of methoxy groups -OCH3 is 1. The van der Waals surface area contributed by atoms with E-state index in [1.54, 1.807) is 44.5 Å². The van der Waals surface area contributed by atoms with E-state index in [0.29, 0.717) is 40.1 Å². The standard InChI is InChI=1S/C21H19N5O3/c1-26-10-9-21(28,20(26)27)8-7-13-3-6-17(29-2)14(11-13)15-4-5-16-18(25-15)19(22)24-12-23-16/h3-6,11-12,28H,9-10H2,1-2H3,(H2,22,23,24)/t21-/m0/s1/i12D. The lowest BCUT2D eigenvalue weighted by molar-refractivity contribution is -0.137. The number of anilines is 1. The molecule has 1 amide bonds. The summed E-state index contributed by atoms with van der Waals surface area (Å²) in [5.41, 5.74) is 6.90. The van der Waals surface area contributed by atoms with Crippen molar-refractivity contribution in [2.75, 3.05) is 26.4 Å². The van der Waals surface area contributed by atoms with Gasteiger partial charge in [0.1, 0.15) is 18.9 Å². The fraction of sp³-hybridized carbons (Fsp3) is 0.238. The smallest absolute Gasteiger partial charge is 0.267 e. The van der Waals surface area contributed by atoms with Crippen molar-refractivity contribution >= 4 is 22.8 Å². The van der Waals surface area contributed by atoms with Gasteiger partial charge in [-0.3, -0.25) is 4.79 Å². The molecule has 3 N–H and O–H groups in total. The van der Waals surface area contributed by atoms with Crippen LogP contribution < -0.4 is 10.5 Å². The van der Waals surface area contributed by atoms with Gasteiger partial charge in [0.2, 0.25) is 5.60 Å². The summed E-state index contributed by atoms with van der Waals surface area (Å²) in [4.78, 5) is 26.0. The van der Waals surface area contributed by atoms with E-state index in [9.17, 15) is 9.90 Å². The number of nitrogen functional groups attached to an aromatic ring is 1. The molecule has 2 aromatic heterocycles. The fourth-order valence-corrected chi connectivity index (χ4v) is 3.20. The van der Waals surface area contributed by atoms with Crippen molar-refractivity contribution in [2.24, 2.45) is 0 Å². The Morgan fingerprint density at radius 1 is 1.34 bits per heavy atom. The van der Waals surface area contributed by atoms with E-state index >= 15 is 0 Å². The van der Waals surface area contributed by atoms with Gasteiger partial charge >= 0.3 is 0 Å². The minimum absolute atomic E-state index is 0.118. The summed E-state index contributed by atoms with van der Waals surface area (Å²) in [6, 6.07) is 8.70. The van der Waals surface area contributed by atoms with E-state index in [0.717, 1.165) is 0 Å². The zero-order valence-corrected chi connectivity index (χ0v) is 15.9. The molecule has 146 valence electrons. The number of likely N-dealkylation sites (tertiary alicyclic amines) is 1. The lowest BCUT2D eigenvalue weighted by atomic mass is 10.0. The minimum atomic E-state index is -1.67. The molecule has 0 aliphatic carbocycles. The van der Waals surface area contributed by atoms with Crippen LogP contribution in [0.4, 0.5) is 5.82 Å². The Hall–Kier alpha value is -3.70. The maximum Gasteiger partial charge on any atom is 0.267 e. The van der Waals surface area contributed by atoms with Gasteiger partial charge < -0.3 is 20.5 Å². The Labute approximate surface area is 168 Å². The normalized spacial score (nSPS) is 19.1. The molecule has 0 bridgehead atoms. The predicted molar refractivity (Wildman–Crippen MR) is 108 cm³/mol. The molecule has 0 spiro atoms. The molecule has 1 fully saturated rings. The van der Waals surface area contributed by atoms with Gasteiger partial charge in [-0.1, -0.05) is 11.8 Å². The summed E-state index contributed by atoms with van der Waals surface area (Å²) in [5.74, 6) is 5.89. The number of carbonyl (C=O) groups is 1. The molecule has 1 aliphatic heterocycles. The zero-order valence-electron chi connectivity index (χ0n) is 16.9. The largest absolute Gasteiger partial charge is 0.496 e.